The van der Waals surface area contributed by atoms with E-state index in [0.717, 1.165) is 22.4 Å². The van der Waals surface area contributed by atoms with Crippen LogP contribution in [-0.4, -0.2) is 51.9 Å². The quantitative estimate of drug-likeness (QED) is 0.493. The molecule has 1 amide bonds. The van der Waals surface area contributed by atoms with Gasteiger partial charge in [-0.25, -0.2) is 9.50 Å². The van der Waals surface area contributed by atoms with Gasteiger partial charge in [0.25, 0.3) is 0 Å². The van der Waals surface area contributed by atoms with Gasteiger partial charge in [-0.1, -0.05) is 51.4 Å². The molecular formula is C27H39BClN5O3. The van der Waals surface area contributed by atoms with E-state index < -0.39 is 18.3 Å². The van der Waals surface area contributed by atoms with Crippen LogP contribution in [-0.2, 0) is 20.6 Å². The van der Waals surface area contributed by atoms with E-state index in [0.29, 0.717) is 24.7 Å². The topological polar surface area (TPSA) is 81.0 Å². The number of amides is 1. The fourth-order valence-electron chi connectivity index (χ4n) is 4.04. The zero-order chi connectivity index (χ0) is 27.4. The molecule has 4 heterocycles. The maximum absolute atomic E-state index is 12.6. The Morgan fingerprint density at radius 3 is 2.27 bits per heavy atom. The molecule has 0 unspecified atom stereocenters. The smallest absolute Gasteiger partial charge is 0.399 e. The van der Waals surface area contributed by atoms with Crippen LogP contribution in [0.1, 0.15) is 61.0 Å². The number of aromatic nitrogens is 3. The largest absolute Gasteiger partial charge is 0.496 e. The summed E-state index contributed by atoms with van der Waals surface area (Å²) in [6.07, 6.45) is 3.45. The van der Waals surface area contributed by atoms with Gasteiger partial charge in [0.15, 0.2) is 5.82 Å². The van der Waals surface area contributed by atoms with Gasteiger partial charge in [-0.3, -0.25) is 4.79 Å². The van der Waals surface area contributed by atoms with Gasteiger partial charge in [-0.2, -0.15) is 5.10 Å². The second kappa shape index (κ2) is 11.8. The summed E-state index contributed by atoms with van der Waals surface area (Å²) in [6.45, 7) is 17.8. The van der Waals surface area contributed by atoms with Gasteiger partial charge in [0.05, 0.1) is 17.1 Å². The van der Waals surface area contributed by atoms with Crippen molar-refractivity contribution in [1.29, 1.82) is 0 Å². The summed E-state index contributed by atoms with van der Waals surface area (Å²) >= 11 is 5.92. The summed E-state index contributed by atoms with van der Waals surface area (Å²) in [4.78, 5) is 19.2. The van der Waals surface area contributed by atoms with Gasteiger partial charge in [0.2, 0.25) is 5.91 Å². The highest BCUT2D eigenvalue weighted by Crippen LogP contribution is 2.37. The molecule has 3 aromatic rings. The molecule has 0 saturated carbocycles. The lowest BCUT2D eigenvalue weighted by molar-refractivity contribution is -0.125. The van der Waals surface area contributed by atoms with Crippen molar-refractivity contribution in [2.24, 2.45) is 5.92 Å². The first-order valence-electron chi connectivity index (χ1n) is 13.1. The van der Waals surface area contributed by atoms with E-state index in [1.165, 1.54) is 6.33 Å². The molecule has 2 aliphatic heterocycles. The Hall–Kier alpha value is -2.62. The molecule has 37 heavy (non-hydrogen) atoms. The molecule has 2 fully saturated rings. The minimum Gasteiger partial charge on any atom is -0.399 e. The molecule has 0 spiro atoms. The number of anilines is 1. The summed E-state index contributed by atoms with van der Waals surface area (Å²) in [5, 5.41) is 8.04. The van der Waals surface area contributed by atoms with Crippen molar-refractivity contribution in [2.75, 3.05) is 18.0 Å². The predicted molar refractivity (Wildman–Crippen MR) is 150 cm³/mol. The Balaban J connectivity index is 0.000000907. The van der Waals surface area contributed by atoms with Crippen molar-refractivity contribution < 1.29 is 14.1 Å². The fourth-order valence-corrected chi connectivity index (χ4v) is 4.17. The van der Waals surface area contributed by atoms with Crippen molar-refractivity contribution in [3.05, 3.63) is 53.4 Å². The minimum atomic E-state index is -0.465. The number of benzene rings is 1. The third kappa shape index (κ3) is 6.11. The lowest BCUT2D eigenvalue weighted by Crippen LogP contribution is -2.54. The molecule has 0 atom stereocenters. The molecular weight excluding hydrogens is 489 g/mol. The first-order chi connectivity index (χ1) is 17.6. The van der Waals surface area contributed by atoms with Crippen LogP contribution >= 0.6 is 11.6 Å². The zero-order valence-electron chi connectivity index (χ0n) is 23.2. The Morgan fingerprint density at radius 2 is 1.68 bits per heavy atom. The molecule has 8 nitrogen and oxygen atoms in total. The molecule has 200 valence electrons. The third-order valence-corrected chi connectivity index (χ3v) is 7.12. The van der Waals surface area contributed by atoms with Gasteiger partial charge in [0, 0.05) is 36.3 Å². The summed E-state index contributed by atoms with van der Waals surface area (Å²) in [5.41, 5.74) is 1.95. The maximum Gasteiger partial charge on any atom is 0.496 e. The van der Waals surface area contributed by atoms with E-state index >= 15 is 0 Å². The molecule has 2 saturated heterocycles. The number of carbonyl (C=O) groups is 1. The van der Waals surface area contributed by atoms with Crippen LogP contribution in [0.2, 0.25) is 5.02 Å². The van der Waals surface area contributed by atoms with Crippen LogP contribution in [0.5, 0.6) is 0 Å². The van der Waals surface area contributed by atoms with E-state index in [9.17, 15) is 4.79 Å². The van der Waals surface area contributed by atoms with Crippen LogP contribution in [0.3, 0.4) is 0 Å². The number of rotatable bonds is 5. The highest BCUT2D eigenvalue weighted by Gasteiger charge is 2.52. The summed E-state index contributed by atoms with van der Waals surface area (Å²) < 4.78 is 14.2. The van der Waals surface area contributed by atoms with Crippen molar-refractivity contribution in [3.8, 4) is 0 Å². The van der Waals surface area contributed by atoms with Gasteiger partial charge < -0.3 is 19.5 Å². The zero-order valence-corrected chi connectivity index (χ0v) is 24.0. The van der Waals surface area contributed by atoms with Crippen LogP contribution in [0.25, 0.3) is 5.52 Å². The lowest BCUT2D eigenvalue weighted by Gasteiger charge is -2.39. The SMILES string of the molecule is CC.CC.CC1(C)OB(c2cc3c(N4CC(C(=O)NCc5ccc(Cl)cc5)C4)ncnn3c2)OC1(C)C. The van der Waals surface area contributed by atoms with Crippen LogP contribution < -0.4 is 15.7 Å². The summed E-state index contributed by atoms with van der Waals surface area (Å²) in [5.74, 6) is 0.763. The highest BCUT2D eigenvalue weighted by atomic mass is 35.5. The Morgan fingerprint density at radius 1 is 1.08 bits per heavy atom. The van der Waals surface area contributed by atoms with Crippen LogP contribution in [0.15, 0.2) is 42.9 Å². The molecule has 2 aromatic heterocycles. The fraction of sp³-hybridized carbons (Fsp3) is 0.519. The van der Waals surface area contributed by atoms with Crippen molar-refractivity contribution in [3.63, 3.8) is 0 Å². The Bertz CT molecular complexity index is 1180. The number of hydrogen-bond donors (Lipinski definition) is 1. The van der Waals surface area contributed by atoms with Crippen LogP contribution in [0, 0.1) is 5.92 Å². The van der Waals surface area contributed by atoms with Crippen molar-refractivity contribution >= 4 is 41.4 Å². The number of hydrogen-bond acceptors (Lipinski definition) is 6. The molecule has 10 heteroatoms. The average Bonchev–Trinajstić information content (AvgIpc) is 3.38. The van der Waals surface area contributed by atoms with E-state index in [-0.39, 0.29) is 11.8 Å². The van der Waals surface area contributed by atoms with Gasteiger partial charge in [0.1, 0.15) is 11.8 Å². The molecule has 1 N–H and O–H groups in total. The monoisotopic (exact) mass is 527 g/mol. The molecule has 0 radical (unpaired) electrons. The van der Waals surface area contributed by atoms with E-state index in [2.05, 4.69) is 20.3 Å². The van der Waals surface area contributed by atoms with Crippen molar-refractivity contribution in [1.82, 2.24) is 19.9 Å². The van der Waals surface area contributed by atoms with E-state index in [1.54, 1.807) is 4.52 Å². The normalized spacial score (nSPS) is 17.9. The van der Waals surface area contributed by atoms with E-state index in [1.807, 2.05) is 91.9 Å². The maximum atomic E-state index is 12.6. The third-order valence-electron chi connectivity index (χ3n) is 6.86. The molecule has 0 aliphatic carbocycles. The summed E-state index contributed by atoms with van der Waals surface area (Å²) in [6, 6.07) is 9.48. The number of nitrogens with zero attached hydrogens (tertiary/aromatic N) is 4. The van der Waals surface area contributed by atoms with Crippen LogP contribution in [0.4, 0.5) is 5.82 Å². The predicted octanol–water partition coefficient (Wildman–Crippen LogP) is 4.49. The van der Waals surface area contributed by atoms with Gasteiger partial charge in [-0.15, -0.1) is 0 Å². The van der Waals surface area contributed by atoms with E-state index in [4.69, 9.17) is 20.9 Å². The first-order valence-corrected chi connectivity index (χ1v) is 13.5. The standard InChI is InChI=1S/C23H27BClN5O3.2C2H6/c1-22(2)23(3,4)33-24(32-22)17-9-19-20(27-14-28-30(19)13-17)29-11-16(12-29)21(31)26-10-15-5-7-18(25)8-6-15;2*1-2/h5-9,13-14,16H,10-12H2,1-4H3,(H,26,31);2*1-2H3. The molecule has 0 bridgehead atoms. The molecule has 2 aliphatic rings. The van der Waals surface area contributed by atoms with Gasteiger partial charge >= 0.3 is 7.12 Å². The highest BCUT2D eigenvalue weighted by molar-refractivity contribution is 6.62. The molecule has 5 rings (SSSR count). The summed E-state index contributed by atoms with van der Waals surface area (Å²) in [7, 11) is -0.465. The Kier molecular flexibility index (Phi) is 9.26. The number of fused-ring (bicyclic) bond motifs is 1. The van der Waals surface area contributed by atoms with Gasteiger partial charge in [-0.05, 0) is 51.5 Å². The number of nitrogens with one attached hydrogen (secondary N) is 1. The second-order valence-electron chi connectivity index (χ2n) is 9.72. The number of carbonyl (C=O) groups excluding carboxylic acids is 1. The Labute approximate surface area is 225 Å². The van der Waals surface area contributed by atoms with Crippen molar-refractivity contribution in [2.45, 2.75) is 73.1 Å². The first kappa shape index (κ1) is 28.9. The average molecular weight is 528 g/mol. The second-order valence-corrected chi connectivity index (χ2v) is 10.2. The lowest BCUT2D eigenvalue weighted by atomic mass is 9.81. The minimum absolute atomic E-state index is 0.0413. The number of halogens is 1. The molecule has 1 aromatic carbocycles.